The number of nitrogens with zero attached hydrogens (tertiary/aromatic N) is 6. The van der Waals surface area contributed by atoms with Crippen LogP contribution in [0.1, 0.15) is 17.9 Å². The van der Waals surface area contributed by atoms with E-state index in [9.17, 15) is 22.4 Å². The highest BCUT2D eigenvalue weighted by Crippen LogP contribution is 2.42. The van der Waals surface area contributed by atoms with E-state index in [0.717, 1.165) is 4.90 Å². The molecule has 0 aromatic carbocycles. The summed E-state index contributed by atoms with van der Waals surface area (Å²) in [6.07, 6.45) is 5.06. The second kappa shape index (κ2) is 7.06. The fraction of sp³-hybridized carbons (Fsp3) is 0.474. The number of likely N-dealkylation sites (tertiary alicyclic amines) is 1. The molecule has 0 spiro atoms. The van der Waals surface area contributed by atoms with E-state index in [-0.39, 0.29) is 17.8 Å². The molecule has 7 nitrogen and oxygen atoms in total. The van der Waals surface area contributed by atoms with Gasteiger partial charge in [0.15, 0.2) is 0 Å². The maximum atomic E-state index is 13.7. The van der Waals surface area contributed by atoms with Crippen LogP contribution in [0, 0.1) is 0 Å². The molecule has 11 heteroatoms. The highest BCUT2D eigenvalue weighted by Gasteiger charge is 2.63. The van der Waals surface area contributed by atoms with E-state index in [0.29, 0.717) is 36.5 Å². The fourth-order valence-electron chi connectivity index (χ4n) is 3.83. The van der Waals surface area contributed by atoms with Crippen molar-refractivity contribution in [3.8, 4) is 11.4 Å². The van der Waals surface area contributed by atoms with Crippen molar-refractivity contribution in [1.29, 1.82) is 0 Å². The van der Waals surface area contributed by atoms with Crippen molar-refractivity contribution in [2.24, 2.45) is 7.05 Å². The van der Waals surface area contributed by atoms with Gasteiger partial charge in [-0.15, -0.1) is 0 Å². The van der Waals surface area contributed by atoms with E-state index in [2.05, 4.69) is 21.6 Å². The molecule has 160 valence electrons. The lowest BCUT2D eigenvalue weighted by molar-refractivity contribution is -0.172. The highest BCUT2D eigenvalue weighted by atomic mass is 19.3. The van der Waals surface area contributed by atoms with E-state index in [1.807, 2.05) is 0 Å². The first-order chi connectivity index (χ1) is 14.1. The van der Waals surface area contributed by atoms with Crippen LogP contribution in [0.25, 0.3) is 11.4 Å². The number of aromatic nitrogens is 4. The summed E-state index contributed by atoms with van der Waals surface area (Å²) < 4.78 is 56.2. The van der Waals surface area contributed by atoms with Crippen LogP contribution in [-0.4, -0.2) is 68.6 Å². The second-order valence-corrected chi connectivity index (χ2v) is 7.59. The van der Waals surface area contributed by atoms with Crippen LogP contribution in [0.3, 0.4) is 0 Å². The number of anilines is 1. The van der Waals surface area contributed by atoms with Crippen molar-refractivity contribution in [2.75, 3.05) is 31.1 Å². The Bertz CT molecular complexity index is 975. The third kappa shape index (κ3) is 3.41. The quantitative estimate of drug-likeness (QED) is 0.557. The SMILES string of the molecule is C=CC(=O)N1CCC(c2cnc(N3CC(F)(F)C(F)(F)C3)nc2-c2ccn(C)n2)C1. The first kappa shape index (κ1) is 20.3. The summed E-state index contributed by atoms with van der Waals surface area (Å²) in [7, 11) is 1.72. The van der Waals surface area contributed by atoms with Crippen LogP contribution < -0.4 is 4.90 Å². The number of halogens is 4. The number of rotatable bonds is 4. The van der Waals surface area contributed by atoms with Gasteiger partial charge >= 0.3 is 11.8 Å². The maximum Gasteiger partial charge on any atom is 0.329 e. The van der Waals surface area contributed by atoms with Crippen LogP contribution in [0.5, 0.6) is 0 Å². The minimum Gasteiger partial charge on any atom is -0.339 e. The molecule has 0 bridgehead atoms. The molecule has 1 amide bonds. The van der Waals surface area contributed by atoms with E-state index in [1.54, 1.807) is 28.9 Å². The Labute approximate surface area is 170 Å². The third-order valence-corrected chi connectivity index (χ3v) is 5.47. The van der Waals surface area contributed by atoms with Crippen molar-refractivity contribution in [2.45, 2.75) is 24.2 Å². The van der Waals surface area contributed by atoms with Gasteiger partial charge in [0.2, 0.25) is 11.9 Å². The number of carbonyl (C=O) groups excluding carboxylic acids is 1. The van der Waals surface area contributed by atoms with Gasteiger partial charge in [0.1, 0.15) is 5.69 Å². The van der Waals surface area contributed by atoms with Gasteiger partial charge in [0, 0.05) is 44.0 Å². The molecule has 0 radical (unpaired) electrons. The minimum absolute atomic E-state index is 0.0959. The molecule has 2 saturated heterocycles. The maximum absolute atomic E-state index is 13.7. The fourth-order valence-corrected chi connectivity index (χ4v) is 3.83. The van der Waals surface area contributed by atoms with Gasteiger partial charge in [0.05, 0.1) is 18.8 Å². The largest absolute Gasteiger partial charge is 0.339 e. The van der Waals surface area contributed by atoms with Crippen molar-refractivity contribution >= 4 is 11.9 Å². The summed E-state index contributed by atoms with van der Waals surface area (Å²) in [6.45, 7) is 2.13. The summed E-state index contributed by atoms with van der Waals surface area (Å²) in [5, 5.41) is 4.32. The summed E-state index contributed by atoms with van der Waals surface area (Å²) >= 11 is 0. The molecule has 0 aliphatic carbocycles. The number of hydrogen-bond acceptors (Lipinski definition) is 5. The second-order valence-electron chi connectivity index (χ2n) is 7.59. The number of aryl methyl sites for hydroxylation is 1. The van der Waals surface area contributed by atoms with Crippen LogP contribution in [0.15, 0.2) is 31.1 Å². The Morgan fingerprint density at radius 1 is 1.27 bits per heavy atom. The molecule has 2 aliphatic heterocycles. The first-order valence-electron chi connectivity index (χ1n) is 9.40. The molecule has 1 unspecified atom stereocenters. The molecule has 4 heterocycles. The van der Waals surface area contributed by atoms with Gasteiger partial charge in [-0.05, 0) is 18.6 Å². The summed E-state index contributed by atoms with van der Waals surface area (Å²) in [5.74, 6) is -8.79. The van der Waals surface area contributed by atoms with Gasteiger partial charge in [-0.3, -0.25) is 9.48 Å². The number of hydrogen-bond donors (Lipinski definition) is 0. The van der Waals surface area contributed by atoms with Gasteiger partial charge in [-0.1, -0.05) is 6.58 Å². The van der Waals surface area contributed by atoms with Gasteiger partial charge in [0.25, 0.3) is 0 Å². The predicted molar refractivity (Wildman–Crippen MR) is 100 cm³/mol. The lowest BCUT2D eigenvalue weighted by Crippen LogP contribution is -2.38. The molecule has 2 fully saturated rings. The van der Waals surface area contributed by atoms with Gasteiger partial charge in [-0.2, -0.15) is 22.7 Å². The Balaban J connectivity index is 1.70. The lowest BCUT2D eigenvalue weighted by Gasteiger charge is -2.19. The Hall–Kier alpha value is -2.98. The summed E-state index contributed by atoms with van der Waals surface area (Å²) in [6, 6.07) is 1.70. The monoisotopic (exact) mass is 424 g/mol. The average Bonchev–Trinajstić information content (AvgIpc) is 3.39. The van der Waals surface area contributed by atoms with Crippen molar-refractivity contribution in [1.82, 2.24) is 24.6 Å². The van der Waals surface area contributed by atoms with Gasteiger partial charge in [-0.25, -0.2) is 9.97 Å². The zero-order valence-corrected chi connectivity index (χ0v) is 16.2. The molecule has 0 saturated carbocycles. The van der Waals surface area contributed by atoms with Crippen molar-refractivity contribution in [3.05, 3.63) is 36.7 Å². The minimum atomic E-state index is -4.16. The molecule has 0 N–H and O–H groups in total. The summed E-state index contributed by atoms with van der Waals surface area (Å²) in [5.41, 5.74) is 1.55. The van der Waals surface area contributed by atoms with E-state index in [4.69, 9.17) is 0 Å². The van der Waals surface area contributed by atoms with Crippen LogP contribution in [0.2, 0.25) is 0 Å². The lowest BCUT2D eigenvalue weighted by atomic mass is 9.97. The van der Waals surface area contributed by atoms with Crippen molar-refractivity contribution in [3.63, 3.8) is 0 Å². The standard InChI is InChI=1S/C19H20F4N6O/c1-3-15(30)28-7-4-12(9-28)13-8-24-17(25-16(13)14-5-6-27(2)26-14)29-10-18(20,21)19(22,23)11-29/h3,5-6,8,12H,1,4,7,9-11H2,2H3. The predicted octanol–water partition coefficient (Wildman–Crippen LogP) is 2.47. The zero-order chi connectivity index (χ0) is 21.7. The summed E-state index contributed by atoms with van der Waals surface area (Å²) in [4.78, 5) is 22.8. The molecule has 30 heavy (non-hydrogen) atoms. The molecular weight excluding hydrogens is 404 g/mol. The van der Waals surface area contributed by atoms with Crippen molar-refractivity contribution < 1.29 is 22.4 Å². The van der Waals surface area contributed by atoms with Crippen LogP contribution in [-0.2, 0) is 11.8 Å². The van der Waals surface area contributed by atoms with E-state index in [1.165, 1.54) is 12.3 Å². The highest BCUT2D eigenvalue weighted by molar-refractivity contribution is 5.87. The molecule has 2 aromatic rings. The molecule has 1 atom stereocenters. The number of alkyl halides is 4. The molecular formula is C19H20F4N6O. The Morgan fingerprint density at radius 3 is 2.57 bits per heavy atom. The third-order valence-electron chi connectivity index (χ3n) is 5.47. The zero-order valence-electron chi connectivity index (χ0n) is 16.2. The topological polar surface area (TPSA) is 67.2 Å². The van der Waals surface area contributed by atoms with E-state index >= 15 is 0 Å². The molecule has 2 aromatic heterocycles. The number of amides is 1. The van der Waals surface area contributed by atoms with E-state index < -0.39 is 24.9 Å². The first-order valence-corrected chi connectivity index (χ1v) is 9.40. The van der Waals surface area contributed by atoms with Gasteiger partial charge < -0.3 is 9.80 Å². The normalized spacial score (nSPS) is 22.5. The van der Waals surface area contributed by atoms with Crippen LogP contribution >= 0.6 is 0 Å². The average molecular weight is 424 g/mol. The Morgan fingerprint density at radius 2 is 1.97 bits per heavy atom. The molecule has 2 aliphatic rings. The van der Waals surface area contributed by atoms with Crippen LogP contribution in [0.4, 0.5) is 23.5 Å². The Kier molecular flexibility index (Phi) is 4.78. The smallest absolute Gasteiger partial charge is 0.329 e. The molecule has 4 rings (SSSR count). The number of carbonyl (C=O) groups is 1.